The van der Waals surface area contributed by atoms with Gasteiger partial charge in [0.05, 0.1) is 10.6 Å². The van der Waals surface area contributed by atoms with Gasteiger partial charge in [0.15, 0.2) is 5.17 Å². The average Bonchev–Trinajstić information content (AvgIpc) is 2.85. The summed E-state index contributed by atoms with van der Waals surface area (Å²) >= 11 is 19.4. The van der Waals surface area contributed by atoms with E-state index < -0.39 is 0 Å². The first-order valence-corrected chi connectivity index (χ1v) is 9.43. The fourth-order valence-electron chi connectivity index (χ4n) is 2.29. The van der Waals surface area contributed by atoms with Gasteiger partial charge in [-0.1, -0.05) is 46.9 Å². The molecule has 0 aromatic heterocycles. The number of thioether (sulfide) groups is 1. The largest absolute Gasteiger partial charge is 0.287 e. The lowest BCUT2D eigenvalue weighted by atomic mass is 10.2. The standard InChI is InChI=1S/C18H13Cl3N2OS/c1-2-23-17(24)16(8-11-6-7-13(20)10-15(11)21)25-18(23)22-14-5-3-4-12(19)9-14/h3-10H,2H2,1H3/b16-8+,22-18?. The summed E-state index contributed by atoms with van der Waals surface area (Å²) < 4.78 is 0. The minimum Gasteiger partial charge on any atom is -0.287 e. The van der Waals surface area contributed by atoms with Gasteiger partial charge in [0.25, 0.3) is 5.91 Å². The van der Waals surface area contributed by atoms with Crippen molar-refractivity contribution in [1.82, 2.24) is 4.90 Å². The van der Waals surface area contributed by atoms with Gasteiger partial charge >= 0.3 is 0 Å². The number of aliphatic imine (C=N–C) groups is 1. The first-order chi connectivity index (χ1) is 12.0. The number of carbonyl (C=O) groups excluding carboxylic acids is 1. The Morgan fingerprint density at radius 3 is 2.56 bits per heavy atom. The van der Waals surface area contributed by atoms with Crippen LogP contribution in [0.25, 0.3) is 6.08 Å². The molecule has 2 aromatic rings. The van der Waals surface area contributed by atoms with Gasteiger partial charge in [0, 0.05) is 21.6 Å². The van der Waals surface area contributed by atoms with Crippen molar-refractivity contribution in [2.45, 2.75) is 6.92 Å². The number of rotatable bonds is 3. The molecule has 7 heteroatoms. The molecule has 0 saturated carbocycles. The predicted molar refractivity (Wildman–Crippen MR) is 108 cm³/mol. The molecule has 25 heavy (non-hydrogen) atoms. The van der Waals surface area contributed by atoms with Crippen LogP contribution in [0.5, 0.6) is 0 Å². The van der Waals surface area contributed by atoms with Crippen molar-refractivity contribution in [3.05, 3.63) is 68.0 Å². The molecule has 1 saturated heterocycles. The van der Waals surface area contributed by atoms with Crippen LogP contribution in [0.1, 0.15) is 12.5 Å². The molecule has 0 aliphatic carbocycles. The topological polar surface area (TPSA) is 32.7 Å². The molecule has 0 atom stereocenters. The van der Waals surface area contributed by atoms with Crippen LogP contribution in [0.4, 0.5) is 5.69 Å². The minimum absolute atomic E-state index is 0.0979. The van der Waals surface area contributed by atoms with Gasteiger partial charge in [-0.2, -0.15) is 0 Å². The van der Waals surface area contributed by atoms with Crippen LogP contribution in [0, 0.1) is 0 Å². The molecule has 128 valence electrons. The number of hydrogen-bond donors (Lipinski definition) is 0. The summed E-state index contributed by atoms with van der Waals surface area (Å²) in [6.07, 6.45) is 1.76. The Morgan fingerprint density at radius 2 is 1.88 bits per heavy atom. The summed E-state index contributed by atoms with van der Waals surface area (Å²) in [4.78, 5) is 19.4. The van der Waals surface area contributed by atoms with Crippen LogP contribution in [0.3, 0.4) is 0 Å². The van der Waals surface area contributed by atoms with Crippen LogP contribution in [0.2, 0.25) is 15.1 Å². The highest BCUT2D eigenvalue weighted by Gasteiger charge is 2.32. The molecule has 0 spiro atoms. The van der Waals surface area contributed by atoms with E-state index in [-0.39, 0.29) is 5.91 Å². The second kappa shape index (κ2) is 7.83. The zero-order valence-electron chi connectivity index (χ0n) is 13.2. The van der Waals surface area contributed by atoms with E-state index >= 15 is 0 Å². The van der Waals surface area contributed by atoms with Gasteiger partial charge < -0.3 is 0 Å². The number of halogens is 3. The maximum Gasteiger partial charge on any atom is 0.266 e. The number of amidine groups is 1. The zero-order valence-corrected chi connectivity index (χ0v) is 16.3. The lowest BCUT2D eigenvalue weighted by Crippen LogP contribution is -2.28. The SMILES string of the molecule is CCN1C(=O)/C(=C\c2ccc(Cl)cc2Cl)SC1=Nc1cccc(Cl)c1. The number of nitrogens with zero attached hydrogens (tertiary/aromatic N) is 2. The molecule has 1 amide bonds. The molecular weight excluding hydrogens is 399 g/mol. The number of likely N-dealkylation sites (N-methyl/N-ethyl adjacent to an activating group) is 1. The van der Waals surface area contributed by atoms with Crippen molar-refractivity contribution in [2.24, 2.45) is 4.99 Å². The lowest BCUT2D eigenvalue weighted by molar-refractivity contribution is -0.122. The molecule has 0 bridgehead atoms. The normalized spacial score (nSPS) is 17.8. The summed E-state index contributed by atoms with van der Waals surface area (Å²) in [6, 6.07) is 12.4. The van der Waals surface area contributed by atoms with E-state index in [1.165, 1.54) is 11.8 Å². The molecule has 1 fully saturated rings. The van der Waals surface area contributed by atoms with Gasteiger partial charge in [0.1, 0.15) is 0 Å². The Bertz CT molecular complexity index is 896. The van der Waals surface area contributed by atoms with Crippen LogP contribution in [-0.4, -0.2) is 22.5 Å². The highest BCUT2D eigenvalue weighted by atomic mass is 35.5. The molecule has 0 unspecified atom stereocenters. The predicted octanol–water partition coefficient (Wildman–Crippen LogP) is 6.27. The summed E-state index contributed by atoms with van der Waals surface area (Å²) in [6.45, 7) is 2.43. The second-order valence-electron chi connectivity index (χ2n) is 5.20. The van der Waals surface area contributed by atoms with E-state index in [1.54, 1.807) is 41.3 Å². The molecular formula is C18H13Cl3N2OS. The van der Waals surface area contributed by atoms with Crippen LogP contribution < -0.4 is 0 Å². The van der Waals surface area contributed by atoms with Gasteiger partial charge in [-0.15, -0.1) is 0 Å². The molecule has 1 aliphatic heterocycles. The molecule has 0 radical (unpaired) electrons. The highest BCUT2D eigenvalue weighted by molar-refractivity contribution is 8.18. The minimum atomic E-state index is -0.0979. The van der Waals surface area contributed by atoms with Crippen molar-refractivity contribution in [3.63, 3.8) is 0 Å². The number of hydrogen-bond acceptors (Lipinski definition) is 3. The molecule has 1 heterocycles. The second-order valence-corrected chi connectivity index (χ2v) is 7.49. The Kier molecular flexibility index (Phi) is 5.74. The molecule has 1 aliphatic rings. The molecule has 3 nitrogen and oxygen atoms in total. The number of amides is 1. The zero-order chi connectivity index (χ0) is 18.0. The molecule has 2 aromatic carbocycles. The number of carbonyl (C=O) groups is 1. The van der Waals surface area contributed by atoms with Crippen LogP contribution in [-0.2, 0) is 4.79 Å². The van der Waals surface area contributed by atoms with Gasteiger partial charge in [-0.25, -0.2) is 4.99 Å². The van der Waals surface area contributed by atoms with Gasteiger partial charge in [-0.05, 0) is 60.7 Å². The van der Waals surface area contributed by atoms with E-state index in [0.29, 0.717) is 37.4 Å². The third-order valence-electron chi connectivity index (χ3n) is 3.49. The fraction of sp³-hybridized carbons (Fsp3) is 0.111. The maximum absolute atomic E-state index is 12.6. The van der Waals surface area contributed by atoms with Crippen molar-refractivity contribution >= 4 is 69.4 Å². The molecule has 3 rings (SSSR count). The van der Waals surface area contributed by atoms with E-state index in [0.717, 1.165) is 5.56 Å². The van der Waals surface area contributed by atoms with Crippen molar-refractivity contribution < 1.29 is 4.79 Å². The van der Waals surface area contributed by atoms with E-state index in [4.69, 9.17) is 34.8 Å². The van der Waals surface area contributed by atoms with E-state index in [9.17, 15) is 4.79 Å². The lowest BCUT2D eigenvalue weighted by Gasteiger charge is -2.12. The summed E-state index contributed by atoms with van der Waals surface area (Å²) in [5.74, 6) is -0.0979. The smallest absolute Gasteiger partial charge is 0.266 e. The third kappa shape index (κ3) is 4.21. The van der Waals surface area contributed by atoms with Crippen LogP contribution in [0.15, 0.2) is 52.4 Å². The summed E-state index contributed by atoms with van der Waals surface area (Å²) in [5, 5.41) is 2.27. The quantitative estimate of drug-likeness (QED) is 0.557. The Balaban J connectivity index is 1.96. The Morgan fingerprint density at radius 1 is 1.12 bits per heavy atom. The summed E-state index contributed by atoms with van der Waals surface area (Å²) in [7, 11) is 0. The van der Waals surface area contributed by atoms with E-state index in [2.05, 4.69) is 4.99 Å². The monoisotopic (exact) mass is 410 g/mol. The average molecular weight is 412 g/mol. The number of benzene rings is 2. The first kappa shape index (κ1) is 18.3. The van der Waals surface area contributed by atoms with Crippen molar-refractivity contribution in [2.75, 3.05) is 6.54 Å². The van der Waals surface area contributed by atoms with Crippen molar-refractivity contribution in [3.8, 4) is 0 Å². The van der Waals surface area contributed by atoms with Gasteiger partial charge in [-0.3, -0.25) is 9.69 Å². The molecule has 0 N–H and O–H groups in total. The third-order valence-corrected chi connectivity index (χ3v) is 5.29. The maximum atomic E-state index is 12.6. The van der Waals surface area contributed by atoms with Crippen LogP contribution >= 0.6 is 46.6 Å². The Hall–Kier alpha value is -1.46. The summed E-state index contributed by atoms with van der Waals surface area (Å²) in [5.41, 5.74) is 1.44. The van der Waals surface area contributed by atoms with Crippen molar-refractivity contribution in [1.29, 1.82) is 0 Å². The van der Waals surface area contributed by atoms with Gasteiger partial charge in [0.2, 0.25) is 0 Å². The highest BCUT2D eigenvalue weighted by Crippen LogP contribution is 2.35. The first-order valence-electron chi connectivity index (χ1n) is 7.48. The van der Waals surface area contributed by atoms with E-state index in [1.807, 2.05) is 19.1 Å². The fourth-order valence-corrected chi connectivity index (χ4v) is 3.99. The Labute approximate surface area is 165 Å².